The normalized spacial score (nSPS) is 10.8. The van der Waals surface area contributed by atoms with Crippen molar-refractivity contribution >= 4 is 23.5 Å². The lowest BCUT2D eigenvalue weighted by molar-refractivity contribution is 0.306. The van der Waals surface area contributed by atoms with Crippen LogP contribution in [0.4, 0.5) is 10.1 Å². The van der Waals surface area contributed by atoms with Crippen LogP contribution in [0.3, 0.4) is 0 Å². The van der Waals surface area contributed by atoms with Crippen LogP contribution in [0.25, 0.3) is 0 Å². The van der Waals surface area contributed by atoms with Gasteiger partial charge in [0.05, 0.1) is 12.4 Å². The van der Waals surface area contributed by atoms with Gasteiger partial charge >= 0.3 is 0 Å². The molecule has 26 heavy (non-hydrogen) atoms. The van der Waals surface area contributed by atoms with Crippen LogP contribution in [0.1, 0.15) is 11.1 Å². The van der Waals surface area contributed by atoms with Crippen molar-refractivity contribution in [3.8, 4) is 5.75 Å². The molecule has 8 heteroatoms. The van der Waals surface area contributed by atoms with E-state index in [1.54, 1.807) is 30.5 Å². The molecule has 0 spiro atoms. The zero-order valence-corrected chi connectivity index (χ0v) is 14.2. The maximum atomic E-state index is 12.9. The maximum Gasteiger partial charge on any atom is 0.285 e. The largest absolute Gasteiger partial charge is 0.489 e. The summed E-state index contributed by atoms with van der Waals surface area (Å²) in [6.45, 7) is 0.351. The second-order valence-corrected chi connectivity index (χ2v) is 5.66. The van der Waals surface area contributed by atoms with Crippen molar-refractivity contribution in [2.45, 2.75) is 6.61 Å². The molecule has 2 aromatic carbocycles. The van der Waals surface area contributed by atoms with Gasteiger partial charge in [0.25, 0.3) is 5.56 Å². The van der Waals surface area contributed by atoms with Gasteiger partial charge in [0.1, 0.15) is 28.9 Å². The molecule has 0 unspecified atom stereocenters. The lowest BCUT2D eigenvalue weighted by atomic mass is 10.2. The summed E-state index contributed by atoms with van der Waals surface area (Å²) in [5, 5.41) is 9.86. The Kier molecular flexibility index (Phi) is 5.60. The van der Waals surface area contributed by atoms with Crippen molar-refractivity contribution in [3.63, 3.8) is 0 Å². The van der Waals surface area contributed by atoms with E-state index >= 15 is 0 Å². The van der Waals surface area contributed by atoms with E-state index in [0.29, 0.717) is 18.0 Å². The quantitative estimate of drug-likeness (QED) is 0.512. The molecule has 132 valence electrons. The molecule has 0 amide bonds. The van der Waals surface area contributed by atoms with Gasteiger partial charge < -0.3 is 4.74 Å². The highest BCUT2D eigenvalue weighted by atomic mass is 35.5. The molecule has 1 aromatic heterocycles. The molecule has 3 aromatic rings. The molecule has 2 N–H and O–H groups in total. The van der Waals surface area contributed by atoms with E-state index in [0.717, 1.165) is 11.1 Å². The van der Waals surface area contributed by atoms with Gasteiger partial charge in [0.2, 0.25) is 0 Å². The number of nitrogens with zero attached hydrogens (tertiary/aromatic N) is 2. The summed E-state index contributed by atoms with van der Waals surface area (Å²) in [4.78, 5) is 11.3. The molecule has 1 heterocycles. The first-order valence-corrected chi connectivity index (χ1v) is 7.99. The first-order valence-electron chi connectivity index (χ1n) is 7.61. The third-order valence-electron chi connectivity index (χ3n) is 3.39. The zero-order valence-electron chi connectivity index (χ0n) is 13.4. The van der Waals surface area contributed by atoms with Crippen LogP contribution in [-0.4, -0.2) is 16.4 Å². The first kappa shape index (κ1) is 17.6. The molecule has 0 aliphatic carbocycles. The molecule has 0 saturated heterocycles. The minimum atomic E-state index is -0.491. The number of aromatic amines is 1. The third kappa shape index (κ3) is 4.67. The van der Waals surface area contributed by atoms with Gasteiger partial charge in [-0.05, 0) is 47.5 Å². The van der Waals surface area contributed by atoms with Crippen LogP contribution in [0.5, 0.6) is 5.75 Å². The lowest BCUT2D eigenvalue weighted by Gasteiger charge is -2.06. The van der Waals surface area contributed by atoms with E-state index in [1.807, 2.05) is 12.1 Å². The second-order valence-electron chi connectivity index (χ2n) is 5.28. The van der Waals surface area contributed by atoms with Crippen LogP contribution < -0.4 is 15.7 Å². The Hall–Kier alpha value is -3.19. The van der Waals surface area contributed by atoms with Crippen molar-refractivity contribution in [2.24, 2.45) is 5.10 Å². The van der Waals surface area contributed by atoms with Gasteiger partial charge in [-0.25, -0.2) is 9.49 Å². The molecule has 3 rings (SSSR count). The molecular weight excluding hydrogens is 359 g/mol. The SMILES string of the molecule is O=c1[nH]ncc(N/N=C/c2ccc(OCc3ccc(F)cc3)cc2)c1Cl. The Morgan fingerprint density at radius 1 is 1.19 bits per heavy atom. The average molecular weight is 373 g/mol. The van der Waals surface area contributed by atoms with Crippen LogP contribution in [0.2, 0.25) is 5.02 Å². The highest BCUT2D eigenvalue weighted by molar-refractivity contribution is 6.32. The fourth-order valence-electron chi connectivity index (χ4n) is 2.04. The molecule has 0 fully saturated rings. The zero-order chi connectivity index (χ0) is 18.4. The van der Waals surface area contributed by atoms with Crippen molar-refractivity contribution in [3.05, 3.63) is 87.0 Å². The van der Waals surface area contributed by atoms with E-state index < -0.39 is 5.56 Å². The summed E-state index contributed by atoms with van der Waals surface area (Å²) in [7, 11) is 0. The van der Waals surface area contributed by atoms with E-state index in [1.165, 1.54) is 18.3 Å². The molecule has 0 bridgehead atoms. The standard InChI is InChI=1S/C18H14ClFN4O2/c19-17-16(10-22-24-18(17)25)23-21-9-12-3-7-15(8-4-12)26-11-13-1-5-14(20)6-2-13/h1-10H,11H2,(H2,23,24,25)/b21-9+. The summed E-state index contributed by atoms with van der Waals surface area (Å²) < 4.78 is 18.5. The topological polar surface area (TPSA) is 79.4 Å². The highest BCUT2D eigenvalue weighted by Crippen LogP contribution is 2.15. The predicted octanol–water partition coefficient (Wildman–Crippen LogP) is 3.59. The van der Waals surface area contributed by atoms with E-state index in [-0.39, 0.29) is 10.8 Å². The number of hydrogen-bond acceptors (Lipinski definition) is 5. The van der Waals surface area contributed by atoms with Crippen molar-refractivity contribution < 1.29 is 9.13 Å². The smallest absolute Gasteiger partial charge is 0.285 e. The Bertz CT molecular complexity index is 956. The van der Waals surface area contributed by atoms with E-state index in [2.05, 4.69) is 20.7 Å². The van der Waals surface area contributed by atoms with Crippen molar-refractivity contribution in [1.29, 1.82) is 0 Å². The van der Waals surface area contributed by atoms with Gasteiger partial charge in [0.15, 0.2) is 0 Å². The van der Waals surface area contributed by atoms with Crippen molar-refractivity contribution in [2.75, 3.05) is 5.43 Å². The number of hydrogen-bond donors (Lipinski definition) is 2. The Morgan fingerprint density at radius 3 is 2.65 bits per heavy atom. The molecule has 0 atom stereocenters. The summed E-state index contributed by atoms with van der Waals surface area (Å²) in [6, 6.07) is 13.4. The summed E-state index contributed by atoms with van der Waals surface area (Å²) in [6.07, 6.45) is 2.94. The van der Waals surface area contributed by atoms with Crippen LogP contribution in [-0.2, 0) is 6.61 Å². The van der Waals surface area contributed by atoms with Gasteiger partial charge in [-0.2, -0.15) is 10.2 Å². The Labute approximate surface area is 153 Å². The highest BCUT2D eigenvalue weighted by Gasteiger charge is 2.03. The number of ether oxygens (including phenoxy) is 1. The van der Waals surface area contributed by atoms with E-state index in [4.69, 9.17) is 16.3 Å². The van der Waals surface area contributed by atoms with Crippen LogP contribution in [0.15, 0.2) is 64.6 Å². The molecule has 0 saturated carbocycles. The lowest BCUT2D eigenvalue weighted by Crippen LogP contribution is -2.10. The number of benzene rings is 2. The molecule has 0 aliphatic rings. The van der Waals surface area contributed by atoms with Crippen molar-refractivity contribution in [1.82, 2.24) is 10.2 Å². The van der Waals surface area contributed by atoms with Gasteiger partial charge in [0, 0.05) is 0 Å². The van der Waals surface area contributed by atoms with E-state index in [9.17, 15) is 9.18 Å². The first-order chi connectivity index (χ1) is 12.6. The van der Waals surface area contributed by atoms with Crippen LogP contribution >= 0.6 is 11.6 Å². The fourth-order valence-corrected chi connectivity index (χ4v) is 2.17. The fraction of sp³-hybridized carbons (Fsp3) is 0.0556. The number of nitrogens with one attached hydrogen (secondary N) is 2. The molecular formula is C18H14ClFN4O2. The van der Waals surface area contributed by atoms with Gasteiger partial charge in [-0.3, -0.25) is 10.2 Å². The second kappa shape index (κ2) is 8.26. The minimum Gasteiger partial charge on any atom is -0.489 e. The molecule has 6 nitrogen and oxygen atoms in total. The number of H-pyrrole nitrogens is 1. The monoisotopic (exact) mass is 372 g/mol. The maximum absolute atomic E-state index is 12.9. The predicted molar refractivity (Wildman–Crippen MR) is 98.3 cm³/mol. The summed E-state index contributed by atoms with van der Waals surface area (Å²) in [5.74, 6) is 0.407. The number of aromatic nitrogens is 2. The molecule has 0 aliphatic heterocycles. The Balaban J connectivity index is 1.56. The average Bonchev–Trinajstić information content (AvgIpc) is 2.66. The number of halogens is 2. The summed E-state index contributed by atoms with van der Waals surface area (Å²) in [5.41, 5.74) is 4.18. The number of anilines is 1. The third-order valence-corrected chi connectivity index (χ3v) is 3.77. The minimum absolute atomic E-state index is 0.0123. The molecule has 0 radical (unpaired) electrons. The Morgan fingerprint density at radius 2 is 1.92 bits per heavy atom. The van der Waals surface area contributed by atoms with Gasteiger partial charge in [-0.15, -0.1) is 0 Å². The van der Waals surface area contributed by atoms with Crippen LogP contribution in [0, 0.1) is 5.82 Å². The van der Waals surface area contributed by atoms with Gasteiger partial charge in [-0.1, -0.05) is 23.7 Å². The number of rotatable bonds is 6. The number of hydrazone groups is 1. The summed E-state index contributed by atoms with van der Waals surface area (Å²) >= 11 is 5.83.